The van der Waals surface area contributed by atoms with Gasteiger partial charge in [-0.25, -0.2) is 4.99 Å². The van der Waals surface area contributed by atoms with Gasteiger partial charge >= 0.3 is 0 Å². The Morgan fingerprint density at radius 3 is 2.75 bits per heavy atom. The molecule has 3 heteroatoms. The van der Waals surface area contributed by atoms with Crippen molar-refractivity contribution in [2.24, 2.45) is 9.98 Å². The molecule has 3 nitrogen and oxygen atoms in total. The summed E-state index contributed by atoms with van der Waals surface area (Å²) in [5, 5.41) is 8.56. The smallest absolute Gasteiger partial charge is 0.207 e. The molecule has 0 aliphatic heterocycles. The molecule has 0 aliphatic carbocycles. The van der Waals surface area contributed by atoms with Crippen LogP contribution in [-0.4, -0.2) is 18.2 Å². The average molecular weight is 112 g/mol. The molecule has 0 aromatic heterocycles. The minimum Gasteiger partial charge on any atom is -0.493 e. The van der Waals surface area contributed by atoms with Crippen molar-refractivity contribution in [2.45, 2.75) is 6.92 Å². The van der Waals surface area contributed by atoms with E-state index in [2.05, 4.69) is 16.7 Å². The summed E-state index contributed by atoms with van der Waals surface area (Å²) in [4.78, 5) is 6.70. The van der Waals surface area contributed by atoms with E-state index in [0.29, 0.717) is 0 Å². The second kappa shape index (κ2) is 4.05. The first kappa shape index (κ1) is 6.88. The van der Waals surface area contributed by atoms with Crippen molar-refractivity contribution in [3.63, 3.8) is 0 Å². The molecule has 0 aliphatic rings. The minimum atomic E-state index is -0.0441. The van der Waals surface area contributed by atoms with Gasteiger partial charge in [0.25, 0.3) is 0 Å². The third kappa shape index (κ3) is 3.08. The standard InChI is InChI=1S/C5H8N2O/c1-3-5(8)7-4-6-2/h3-4,8H,2H2,1H3/b5-3+,7-4?. The topological polar surface area (TPSA) is 45.0 Å². The molecule has 0 unspecified atom stereocenters. The van der Waals surface area contributed by atoms with E-state index in [4.69, 9.17) is 5.11 Å². The van der Waals surface area contributed by atoms with Gasteiger partial charge in [0.05, 0.1) is 0 Å². The maximum Gasteiger partial charge on any atom is 0.207 e. The molecule has 0 fully saturated rings. The normalized spacial score (nSPS) is 12.4. The SMILES string of the molecule is C=NC=N/C(O)=C\C. The van der Waals surface area contributed by atoms with E-state index in [-0.39, 0.29) is 5.88 Å². The summed E-state index contributed by atoms with van der Waals surface area (Å²) >= 11 is 0. The number of aliphatic imine (C=N–C) groups is 2. The summed E-state index contributed by atoms with van der Waals surface area (Å²) in [6, 6.07) is 0. The van der Waals surface area contributed by atoms with Crippen LogP contribution in [-0.2, 0) is 0 Å². The molecule has 1 N–H and O–H groups in total. The Bertz CT molecular complexity index is 126. The lowest BCUT2D eigenvalue weighted by molar-refractivity contribution is 0.406. The van der Waals surface area contributed by atoms with E-state index < -0.39 is 0 Å². The van der Waals surface area contributed by atoms with Gasteiger partial charge in [-0.15, -0.1) is 0 Å². The van der Waals surface area contributed by atoms with Crippen molar-refractivity contribution < 1.29 is 5.11 Å². The molecule has 0 aromatic carbocycles. The van der Waals surface area contributed by atoms with Crippen LogP contribution in [0.2, 0.25) is 0 Å². The Kier molecular flexibility index (Phi) is 3.48. The molecule has 0 spiro atoms. The molecule has 0 atom stereocenters. The summed E-state index contributed by atoms with van der Waals surface area (Å²) in [7, 11) is 0. The van der Waals surface area contributed by atoms with E-state index in [0.717, 1.165) is 0 Å². The monoisotopic (exact) mass is 112 g/mol. The number of aliphatic hydroxyl groups is 1. The molecule has 0 heterocycles. The van der Waals surface area contributed by atoms with E-state index >= 15 is 0 Å². The van der Waals surface area contributed by atoms with Crippen LogP contribution in [0.4, 0.5) is 0 Å². The highest BCUT2D eigenvalue weighted by Crippen LogP contribution is 1.85. The molecule has 0 aromatic rings. The highest BCUT2D eigenvalue weighted by Gasteiger charge is 1.75. The molecule has 44 valence electrons. The van der Waals surface area contributed by atoms with E-state index in [9.17, 15) is 0 Å². The molecule has 8 heavy (non-hydrogen) atoms. The van der Waals surface area contributed by atoms with Gasteiger partial charge in [-0.3, -0.25) is 4.99 Å². The van der Waals surface area contributed by atoms with Gasteiger partial charge in [0, 0.05) is 0 Å². The van der Waals surface area contributed by atoms with Crippen LogP contribution < -0.4 is 0 Å². The molecule has 0 saturated carbocycles. The van der Waals surface area contributed by atoms with Crippen LogP contribution in [0.25, 0.3) is 0 Å². The van der Waals surface area contributed by atoms with Crippen LogP contribution in [0.3, 0.4) is 0 Å². The van der Waals surface area contributed by atoms with E-state index in [1.165, 1.54) is 12.4 Å². The zero-order chi connectivity index (χ0) is 6.41. The van der Waals surface area contributed by atoms with Crippen LogP contribution in [0.1, 0.15) is 6.92 Å². The Balaban J connectivity index is 3.69. The van der Waals surface area contributed by atoms with Gasteiger partial charge in [-0.05, 0) is 19.7 Å². The summed E-state index contributed by atoms with van der Waals surface area (Å²) in [5.74, 6) is -0.0441. The predicted octanol–water partition coefficient (Wildman–Crippen LogP) is 1.13. The lowest BCUT2D eigenvalue weighted by atomic mass is 10.7. The van der Waals surface area contributed by atoms with Crippen molar-refractivity contribution in [3.8, 4) is 0 Å². The Labute approximate surface area is 48.1 Å². The number of nitrogens with zero attached hydrogens (tertiary/aromatic N) is 2. The average Bonchev–Trinajstić information content (AvgIpc) is 1.83. The van der Waals surface area contributed by atoms with Crippen LogP contribution in [0, 0.1) is 0 Å². The van der Waals surface area contributed by atoms with Crippen LogP contribution in [0.5, 0.6) is 0 Å². The highest BCUT2D eigenvalue weighted by molar-refractivity contribution is 5.62. The van der Waals surface area contributed by atoms with Gasteiger partial charge < -0.3 is 5.11 Å². The zero-order valence-corrected chi connectivity index (χ0v) is 4.70. The maximum atomic E-state index is 8.56. The number of aliphatic hydroxyl groups excluding tert-OH is 1. The Hall–Kier alpha value is -1.12. The Morgan fingerprint density at radius 1 is 1.75 bits per heavy atom. The van der Waals surface area contributed by atoms with Gasteiger partial charge in [-0.1, -0.05) is 0 Å². The number of rotatable bonds is 2. The molecule has 0 bridgehead atoms. The summed E-state index contributed by atoms with van der Waals surface area (Å²) < 4.78 is 0. The van der Waals surface area contributed by atoms with E-state index in [1.54, 1.807) is 6.92 Å². The quantitative estimate of drug-likeness (QED) is 0.325. The first-order valence-corrected chi connectivity index (χ1v) is 2.15. The second-order valence-electron chi connectivity index (χ2n) is 1.07. The van der Waals surface area contributed by atoms with Crippen molar-refractivity contribution in [2.75, 3.05) is 0 Å². The fraction of sp³-hybridized carbons (Fsp3) is 0.200. The lowest BCUT2D eigenvalue weighted by Crippen LogP contribution is -1.71. The van der Waals surface area contributed by atoms with Gasteiger partial charge in [0.1, 0.15) is 6.34 Å². The van der Waals surface area contributed by atoms with E-state index in [1.807, 2.05) is 0 Å². The first-order chi connectivity index (χ1) is 3.81. The van der Waals surface area contributed by atoms with Crippen LogP contribution in [0.15, 0.2) is 21.9 Å². The third-order valence-electron chi connectivity index (χ3n) is 0.530. The molecule has 0 radical (unpaired) electrons. The zero-order valence-electron chi connectivity index (χ0n) is 4.70. The lowest BCUT2D eigenvalue weighted by Gasteiger charge is -1.81. The highest BCUT2D eigenvalue weighted by atomic mass is 16.3. The summed E-state index contributed by atoms with van der Waals surface area (Å²) in [6.45, 7) is 4.81. The first-order valence-electron chi connectivity index (χ1n) is 2.15. The van der Waals surface area contributed by atoms with Crippen molar-refractivity contribution >= 4 is 13.1 Å². The molecule has 0 saturated heterocycles. The molecule has 0 amide bonds. The summed E-state index contributed by atoms with van der Waals surface area (Å²) in [6.07, 6.45) is 2.64. The summed E-state index contributed by atoms with van der Waals surface area (Å²) in [5.41, 5.74) is 0. The number of hydrogen-bond acceptors (Lipinski definition) is 2. The minimum absolute atomic E-state index is 0.0441. The second-order valence-corrected chi connectivity index (χ2v) is 1.07. The molecular formula is C5H8N2O. The van der Waals surface area contributed by atoms with Crippen molar-refractivity contribution in [1.82, 2.24) is 0 Å². The van der Waals surface area contributed by atoms with Gasteiger partial charge in [0.2, 0.25) is 5.88 Å². The fourth-order valence-corrected chi connectivity index (χ4v) is 0.175. The molecular weight excluding hydrogens is 104 g/mol. The number of allylic oxidation sites excluding steroid dienone is 1. The largest absolute Gasteiger partial charge is 0.493 e. The predicted molar refractivity (Wildman–Crippen MR) is 34.4 cm³/mol. The fourth-order valence-electron chi connectivity index (χ4n) is 0.175. The Morgan fingerprint density at radius 2 is 2.38 bits per heavy atom. The number of hydrogen-bond donors (Lipinski definition) is 1. The van der Waals surface area contributed by atoms with Crippen molar-refractivity contribution in [1.29, 1.82) is 0 Å². The van der Waals surface area contributed by atoms with Crippen molar-refractivity contribution in [3.05, 3.63) is 12.0 Å². The third-order valence-corrected chi connectivity index (χ3v) is 0.530. The molecule has 0 rings (SSSR count). The van der Waals surface area contributed by atoms with Gasteiger partial charge in [0.15, 0.2) is 0 Å². The van der Waals surface area contributed by atoms with Gasteiger partial charge in [-0.2, -0.15) is 0 Å². The van der Waals surface area contributed by atoms with Crippen LogP contribution >= 0.6 is 0 Å². The maximum absolute atomic E-state index is 8.56.